The molecule has 0 amide bonds. The van der Waals surface area contributed by atoms with Crippen LogP contribution in [0.1, 0.15) is 92.9 Å². The summed E-state index contributed by atoms with van der Waals surface area (Å²) in [7, 11) is 0. The number of nitrogens with zero attached hydrogens (tertiary/aromatic N) is 1. The zero-order valence-corrected chi connectivity index (χ0v) is 26.0. The van der Waals surface area contributed by atoms with Gasteiger partial charge in [0.05, 0.1) is 18.0 Å². The molecule has 4 fully saturated rings. The first kappa shape index (κ1) is 31.1. The predicted molar refractivity (Wildman–Crippen MR) is 157 cm³/mol. The van der Waals surface area contributed by atoms with Gasteiger partial charge in [-0.2, -0.15) is 0 Å². The molecule has 2 bridgehead atoms. The van der Waals surface area contributed by atoms with Crippen LogP contribution in [0.2, 0.25) is 0 Å². The number of rotatable bonds is 8. The van der Waals surface area contributed by atoms with Crippen LogP contribution in [0.3, 0.4) is 0 Å². The van der Waals surface area contributed by atoms with E-state index in [9.17, 15) is 19.8 Å². The number of carbonyl (C=O) groups excluding carboxylic acids is 2. The number of esters is 1. The van der Waals surface area contributed by atoms with Crippen LogP contribution in [0.5, 0.6) is 0 Å². The van der Waals surface area contributed by atoms with Crippen LogP contribution in [0, 0.1) is 34.0 Å². The average Bonchev–Trinajstić information content (AvgIpc) is 3.28. The number of aliphatic hydroxyl groups excluding tert-OH is 2. The van der Waals surface area contributed by atoms with Crippen LogP contribution in [0.15, 0.2) is 12.7 Å². The molecule has 4 rings (SSSR count). The molecule has 0 heterocycles. The summed E-state index contributed by atoms with van der Waals surface area (Å²) in [4.78, 5) is 29.4. The molecule has 4 saturated carbocycles. The normalized spacial score (nSPS) is 46.3. The molecule has 6 nitrogen and oxygen atoms in total. The van der Waals surface area contributed by atoms with Crippen LogP contribution >= 0.6 is 11.8 Å². The van der Waals surface area contributed by atoms with E-state index in [1.54, 1.807) is 0 Å². The number of ether oxygens (including phenoxy) is 1. The number of thioether (sulfide) groups is 1. The van der Waals surface area contributed by atoms with E-state index in [1.165, 1.54) is 11.8 Å². The largest absolute Gasteiger partial charge is 0.461 e. The van der Waals surface area contributed by atoms with E-state index in [1.807, 2.05) is 13.0 Å². The van der Waals surface area contributed by atoms with Crippen molar-refractivity contribution in [3.05, 3.63) is 12.7 Å². The maximum Gasteiger partial charge on any atom is 0.316 e. The van der Waals surface area contributed by atoms with E-state index >= 15 is 0 Å². The molecule has 0 spiro atoms. The van der Waals surface area contributed by atoms with Gasteiger partial charge in [0.1, 0.15) is 11.9 Å². The van der Waals surface area contributed by atoms with E-state index in [-0.39, 0.29) is 52.0 Å². The SMILES string of the molecule is C=C[C@]1(C)C[C@@H](OC(=O)CS[C@@H]2CCC[C@@H](N(CC)CC)[C@H]2O)[C@]2(C)[C@H](C)CC[C@]3(CCC(=O)[C@H]32)[C@@H](C)[C@@H]1O. The molecule has 0 aliphatic heterocycles. The Bertz CT molecular complexity index is 924. The van der Waals surface area contributed by atoms with E-state index in [0.29, 0.717) is 12.8 Å². The number of Topliss-reactive ketones (excluding diaryl/α,β-unsaturated/α-hetero) is 1. The van der Waals surface area contributed by atoms with Crippen LogP contribution in [0.25, 0.3) is 0 Å². The number of aliphatic hydroxyl groups is 2. The summed E-state index contributed by atoms with van der Waals surface area (Å²) in [6, 6.07) is 0.133. The molecule has 0 saturated heterocycles. The fraction of sp³-hybridized carbons (Fsp3) is 0.875. The second-order valence-electron chi connectivity index (χ2n) is 13.6. The lowest BCUT2D eigenvalue weighted by Gasteiger charge is -2.61. The molecule has 4 aliphatic rings. The van der Waals surface area contributed by atoms with Gasteiger partial charge in [0.25, 0.3) is 0 Å². The van der Waals surface area contributed by atoms with E-state index in [2.05, 4.69) is 46.1 Å². The van der Waals surface area contributed by atoms with Gasteiger partial charge in [-0.25, -0.2) is 0 Å². The molecule has 0 unspecified atom stereocenters. The number of carbonyl (C=O) groups is 2. The molecule has 0 aromatic rings. The molecule has 39 heavy (non-hydrogen) atoms. The maximum absolute atomic E-state index is 13.6. The quantitative estimate of drug-likeness (QED) is 0.308. The Kier molecular flexibility index (Phi) is 9.37. The van der Waals surface area contributed by atoms with Gasteiger partial charge in [-0.15, -0.1) is 18.3 Å². The Balaban J connectivity index is 1.57. The van der Waals surface area contributed by atoms with Crippen LogP contribution < -0.4 is 0 Å². The van der Waals surface area contributed by atoms with Gasteiger partial charge >= 0.3 is 5.97 Å². The molecule has 222 valence electrons. The van der Waals surface area contributed by atoms with Crippen molar-refractivity contribution in [1.29, 1.82) is 0 Å². The van der Waals surface area contributed by atoms with Crippen molar-refractivity contribution in [2.45, 2.75) is 123 Å². The molecular formula is C32H53NO5S. The topological polar surface area (TPSA) is 87.1 Å². The number of hydrogen-bond donors (Lipinski definition) is 2. The van der Waals surface area contributed by atoms with Gasteiger partial charge in [0.15, 0.2) is 0 Å². The zero-order chi connectivity index (χ0) is 28.8. The minimum Gasteiger partial charge on any atom is -0.461 e. The van der Waals surface area contributed by atoms with Gasteiger partial charge in [-0.1, -0.05) is 54.0 Å². The third kappa shape index (κ3) is 5.17. The van der Waals surface area contributed by atoms with E-state index in [4.69, 9.17) is 4.74 Å². The van der Waals surface area contributed by atoms with Gasteiger partial charge < -0.3 is 14.9 Å². The van der Waals surface area contributed by atoms with Crippen molar-refractivity contribution in [2.24, 2.45) is 34.0 Å². The predicted octanol–water partition coefficient (Wildman–Crippen LogP) is 5.25. The lowest BCUT2D eigenvalue weighted by molar-refractivity contribution is -0.205. The second kappa shape index (κ2) is 11.8. The lowest BCUT2D eigenvalue weighted by atomic mass is 9.44. The number of likely N-dealkylation sites (N-methyl/N-ethyl adjacent to an activating group) is 1. The van der Waals surface area contributed by atoms with Crippen molar-refractivity contribution in [2.75, 3.05) is 18.8 Å². The van der Waals surface area contributed by atoms with Crippen molar-refractivity contribution < 1.29 is 24.5 Å². The van der Waals surface area contributed by atoms with Gasteiger partial charge in [-0.3, -0.25) is 14.5 Å². The average molecular weight is 564 g/mol. The summed E-state index contributed by atoms with van der Waals surface area (Å²) in [6.07, 6.45) is 6.83. The van der Waals surface area contributed by atoms with Gasteiger partial charge in [0.2, 0.25) is 0 Å². The standard InChI is InChI=1S/C32H53NO5S/c1-8-30(6)18-25(38-26(35)19-39-24-13-11-12-22(27(24)36)33(9-2)10-3)31(7)20(4)14-16-32(21(5)29(30)37)17-15-23(34)28(31)32/h8,20-22,24-25,27-29,36-37H,1,9-19H2,2-7H3/t20-,21+,22-,24-,25-,27-,28+,29+,30-,31+,32+/m1/s1. The summed E-state index contributed by atoms with van der Waals surface area (Å²) in [6.45, 7) is 18.7. The minimum atomic E-state index is -0.661. The number of hydrogen-bond acceptors (Lipinski definition) is 7. The maximum atomic E-state index is 13.6. The molecular weight excluding hydrogens is 510 g/mol. The molecule has 0 aromatic heterocycles. The molecule has 2 N–H and O–H groups in total. The van der Waals surface area contributed by atoms with E-state index < -0.39 is 29.1 Å². The first-order valence-electron chi connectivity index (χ1n) is 15.5. The fourth-order valence-corrected chi connectivity index (χ4v) is 10.4. The minimum absolute atomic E-state index is 0.00333. The monoisotopic (exact) mass is 563 g/mol. The highest BCUT2D eigenvalue weighted by molar-refractivity contribution is 8.00. The fourth-order valence-electron chi connectivity index (χ4n) is 9.26. The molecule has 0 radical (unpaired) electrons. The number of ketones is 1. The third-order valence-electron chi connectivity index (χ3n) is 12.0. The van der Waals surface area contributed by atoms with Crippen molar-refractivity contribution in [3.63, 3.8) is 0 Å². The Morgan fingerprint density at radius 1 is 1.15 bits per heavy atom. The summed E-state index contributed by atoms with van der Waals surface area (Å²) < 4.78 is 6.40. The Labute approximate surface area is 240 Å². The highest BCUT2D eigenvalue weighted by atomic mass is 32.2. The highest BCUT2D eigenvalue weighted by Gasteiger charge is 2.68. The summed E-state index contributed by atoms with van der Waals surface area (Å²) >= 11 is 1.51. The van der Waals surface area contributed by atoms with Crippen molar-refractivity contribution in [3.8, 4) is 0 Å². The Hall–Kier alpha value is -0.890. The molecule has 0 aromatic carbocycles. The smallest absolute Gasteiger partial charge is 0.316 e. The third-order valence-corrected chi connectivity index (χ3v) is 13.4. The van der Waals surface area contributed by atoms with Gasteiger partial charge in [-0.05, 0) is 68.9 Å². The summed E-state index contributed by atoms with van der Waals surface area (Å²) in [5.41, 5.74) is -1.40. The molecule has 4 aliphatic carbocycles. The first-order valence-corrected chi connectivity index (χ1v) is 16.5. The van der Waals surface area contributed by atoms with E-state index in [0.717, 1.165) is 51.6 Å². The van der Waals surface area contributed by atoms with Gasteiger partial charge in [0, 0.05) is 34.5 Å². The lowest BCUT2D eigenvalue weighted by Crippen LogP contribution is -2.63. The zero-order valence-electron chi connectivity index (χ0n) is 25.2. The van der Waals surface area contributed by atoms with Crippen LogP contribution in [0.4, 0.5) is 0 Å². The Morgan fingerprint density at radius 3 is 2.49 bits per heavy atom. The molecule has 7 heteroatoms. The Morgan fingerprint density at radius 2 is 1.85 bits per heavy atom. The summed E-state index contributed by atoms with van der Waals surface area (Å²) in [5.74, 6) is 0.131. The summed E-state index contributed by atoms with van der Waals surface area (Å²) in [5, 5.41) is 22.9. The second-order valence-corrected chi connectivity index (χ2v) is 14.9. The first-order chi connectivity index (χ1) is 18.4. The van der Waals surface area contributed by atoms with Crippen LogP contribution in [-0.4, -0.2) is 75.3 Å². The molecule has 11 atom stereocenters. The van der Waals surface area contributed by atoms with Crippen LogP contribution in [-0.2, 0) is 14.3 Å². The van der Waals surface area contributed by atoms with Crippen molar-refractivity contribution >= 4 is 23.5 Å². The highest BCUT2D eigenvalue weighted by Crippen LogP contribution is 2.68. The van der Waals surface area contributed by atoms with Crippen molar-refractivity contribution in [1.82, 2.24) is 4.90 Å².